The lowest BCUT2D eigenvalue weighted by Gasteiger charge is -2.08. The molecule has 0 aromatic heterocycles. The Morgan fingerprint density at radius 1 is 1.26 bits per heavy atom. The monoisotopic (exact) mass is 273 g/mol. The zero-order valence-electron chi connectivity index (χ0n) is 10.8. The van der Waals surface area contributed by atoms with Crippen LogP contribution in [0.3, 0.4) is 0 Å². The van der Waals surface area contributed by atoms with E-state index in [2.05, 4.69) is 21.9 Å². The van der Waals surface area contributed by atoms with Gasteiger partial charge in [-0.15, -0.1) is 0 Å². The molecule has 2 N–H and O–H groups in total. The second kappa shape index (κ2) is 6.15. The maximum Gasteiger partial charge on any atom is 0.186 e. The standard InChI is InChI=1S/C14H15N3OS/c1-15-14(19)17-16-9-12-11-6-4-3-5-10(11)7-8-13(12)18-2/h3-9H,1-2H3,(H2,15,17,19). The normalized spacial score (nSPS) is 10.6. The molecule has 0 aliphatic rings. The summed E-state index contributed by atoms with van der Waals surface area (Å²) in [4.78, 5) is 0. The second-order valence-corrected chi connectivity index (χ2v) is 4.26. The molecule has 19 heavy (non-hydrogen) atoms. The molecule has 0 bridgehead atoms. The summed E-state index contributed by atoms with van der Waals surface area (Å²) in [6.45, 7) is 0. The zero-order chi connectivity index (χ0) is 13.7. The molecule has 0 spiro atoms. The van der Waals surface area contributed by atoms with E-state index in [1.807, 2.05) is 30.3 Å². The number of benzene rings is 2. The second-order valence-electron chi connectivity index (χ2n) is 3.85. The predicted octanol–water partition coefficient (Wildman–Crippen LogP) is 2.28. The third-order valence-electron chi connectivity index (χ3n) is 2.74. The molecule has 0 amide bonds. The molecule has 0 saturated heterocycles. The quantitative estimate of drug-likeness (QED) is 0.511. The molecule has 4 nitrogen and oxygen atoms in total. The first kappa shape index (κ1) is 13.3. The van der Waals surface area contributed by atoms with Gasteiger partial charge in [-0.2, -0.15) is 5.10 Å². The average Bonchev–Trinajstić information content (AvgIpc) is 2.47. The maximum atomic E-state index is 5.37. The third kappa shape index (κ3) is 3.00. The summed E-state index contributed by atoms with van der Waals surface area (Å²) < 4.78 is 5.37. The summed E-state index contributed by atoms with van der Waals surface area (Å²) in [5.41, 5.74) is 3.65. The van der Waals surface area contributed by atoms with E-state index in [9.17, 15) is 0 Å². The van der Waals surface area contributed by atoms with Gasteiger partial charge >= 0.3 is 0 Å². The number of ether oxygens (including phenoxy) is 1. The minimum atomic E-state index is 0.468. The van der Waals surface area contributed by atoms with Crippen LogP contribution in [0.2, 0.25) is 0 Å². The van der Waals surface area contributed by atoms with Crippen molar-refractivity contribution in [3.05, 3.63) is 42.0 Å². The Bertz CT molecular complexity index is 625. The number of thiocarbonyl (C=S) groups is 1. The maximum absolute atomic E-state index is 5.37. The van der Waals surface area contributed by atoms with Crippen molar-refractivity contribution >= 4 is 34.3 Å². The van der Waals surface area contributed by atoms with Crippen molar-refractivity contribution < 1.29 is 4.74 Å². The van der Waals surface area contributed by atoms with Crippen molar-refractivity contribution in [2.75, 3.05) is 14.2 Å². The highest BCUT2D eigenvalue weighted by Crippen LogP contribution is 2.26. The van der Waals surface area contributed by atoms with Gasteiger partial charge in [0.1, 0.15) is 5.75 Å². The fourth-order valence-electron chi connectivity index (χ4n) is 1.80. The van der Waals surface area contributed by atoms with Crippen molar-refractivity contribution in [3.63, 3.8) is 0 Å². The van der Waals surface area contributed by atoms with E-state index >= 15 is 0 Å². The summed E-state index contributed by atoms with van der Waals surface area (Å²) >= 11 is 4.96. The Morgan fingerprint density at radius 2 is 2.05 bits per heavy atom. The third-order valence-corrected chi connectivity index (χ3v) is 3.03. The summed E-state index contributed by atoms with van der Waals surface area (Å²) in [5.74, 6) is 0.777. The largest absolute Gasteiger partial charge is 0.496 e. The van der Waals surface area contributed by atoms with Gasteiger partial charge in [0.05, 0.1) is 13.3 Å². The van der Waals surface area contributed by atoms with Gasteiger partial charge in [-0.1, -0.05) is 30.3 Å². The first-order chi connectivity index (χ1) is 9.26. The first-order valence-corrected chi connectivity index (χ1v) is 6.23. The highest BCUT2D eigenvalue weighted by atomic mass is 32.1. The van der Waals surface area contributed by atoms with Gasteiger partial charge in [0.15, 0.2) is 5.11 Å². The van der Waals surface area contributed by atoms with E-state index in [4.69, 9.17) is 17.0 Å². The van der Waals surface area contributed by atoms with Crippen LogP contribution >= 0.6 is 12.2 Å². The SMILES string of the molecule is CNC(=S)NN=Cc1c(OC)ccc2ccccc12. The minimum absolute atomic E-state index is 0.468. The van der Waals surface area contributed by atoms with Gasteiger partial charge in [0.2, 0.25) is 0 Å². The van der Waals surface area contributed by atoms with E-state index in [0.717, 1.165) is 22.1 Å². The average molecular weight is 273 g/mol. The summed E-state index contributed by atoms with van der Waals surface area (Å²) in [6.07, 6.45) is 1.71. The molecule has 2 aromatic carbocycles. The van der Waals surface area contributed by atoms with Crippen LogP contribution in [-0.2, 0) is 0 Å². The topological polar surface area (TPSA) is 45.7 Å². The predicted molar refractivity (Wildman–Crippen MR) is 82.9 cm³/mol. The molecule has 5 heteroatoms. The molecule has 0 heterocycles. The number of rotatable bonds is 3. The molecule has 0 aliphatic heterocycles. The van der Waals surface area contributed by atoms with Crippen molar-refractivity contribution in [3.8, 4) is 5.75 Å². The first-order valence-electron chi connectivity index (χ1n) is 5.83. The van der Waals surface area contributed by atoms with Crippen molar-refractivity contribution in [1.82, 2.24) is 10.7 Å². The number of hydrazone groups is 1. The van der Waals surface area contributed by atoms with Gasteiger partial charge in [0, 0.05) is 12.6 Å². The molecular weight excluding hydrogens is 258 g/mol. The highest BCUT2D eigenvalue weighted by molar-refractivity contribution is 7.80. The summed E-state index contributed by atoms with van der Waals surface area (Å²) in [7, 11) is 3.39. The molecular formula is C14H15N3OS. The van der Waals surface area contributed by atoms with Crippen LogP contribution in [0.1, 0.15) is 5.56 Å². The number of methoxy groups -OCH3 is 1. The Labute approximate surface area is 117 Å². The van der Waals surface area contributed by atoms with Crippen molar-refractivity contribution in [2.45, 2.75) is 0 Å². The Kier molecular flexibility index (Phi) is 4.30. The van der Waals surface area contributed by atoms with Gasteiger partial charge < -0.3 is 10.1 Å². The van der Waals surface area contributed by atoms with Crippen LogP contribution in [0.15, 0.2) is 41.5 Å². The Hall–Kier alpha value is -2.14. The number of nitrogens with zero attached hydrogens (tertiary/aromatic N) is 1. The molecule has 0 saturated carbocycles. The molecule has 0 radical (unpaired) electrons. The van der Waals surface area contributed by atoms with E-state index in [-0.39, 0.29) is 0 Å². The lowest BCUT2D eigenvalue weighted by atomic mass is 10.0. The van der Waals surface area contributed by atoms with Crippen molar-refractivity contribution in [2.24, 2.45) is 5.10 Å². The molecule has 0 fully saturated rings. The zero-order valence-corrected chi connectivity index (χ0v) is 11.6. The number of fused-ring (bicyclic) bond motifs is 1. The Balaban J connectivity index is 2.41. The smallest absolute Gasteiger partial charge is 0.186 e. The van der Waals surface area contributed by atoms with Crippen LogP contribution in [0.5, 0.6) is 5.75 Å². The fraction of sp³-hybridized carbons (Fsp3) is 0.143. The molecule has 98 valence electrons. The van der Waals surface area contributed by atoms with E-state index in [1.165, 1.54) is 0 Å². The van der Waals surface area contributed by atoms with Crippen molar-refractivity contribution in [1.29, 1.82) is 0 Å². The van der Waals surface area contributed by atoms with Crippen LogP contribution in [0.4, 0.5) is 0 Å². The lowest BCUT2D eigenvalue weighted by Crippen LogP contribution is -2.28. The molecule has 0 atom stereocenters. The van der Waals surface area contributed by atoms with Crippen LogP contribution < -0.4 is 15.5 Å². The van der Waals surface area contributed by atoms with E-state index in [0.29, 0.717) is 5.11 Å². The van der Waals surface area contributed by atoms with Gasteiger partial charge in [-0.3, -0.25) is 5.43 Å². The number of hydrogen-bond donors (Lipinski definition) is 2. The lowest BCUT2D eigenvalue weighted by molar-refractivity contribution is 0.415. The number of hydrogen-bond acceptors (Lipinski definition) is 3. The molecule has 0 unspecified atom stereocenters. The Morgan fingerprint density at radius 3 is 2.79 bits per heavy atom. The van der Waals surface area contributed by atoms with E-state index < -0.39 is 0 Å². The minimum Gasteiger partial charge on any atom is -0.496 e. The molecule has 0 aliphatic carbocycles. The highest BCUT2D eigenvalue weighted by Gasteiger charge is 2.05. The summed E-state index contributed by atoms with van der Waals surface area (Å²) in [5, 5.41) is 9.60. The van der Waals surface area contributed by atoms with Gasteiger partial charge in [-0.25, -0.2) is 0 Å². The van der Waals surface area contributed by atoms with Crippen LogP contribution in [-0.4, -0.2) is 25.5 Å². The van der Waals surface area contributed by atoms with E-state index in [1.54, 1.807) is 20.4 Å². The summed E-state index contributed by atoms with van der Waals surface area (Å²) in [6, 6.07) is 12.0. The molecule has 2 aromatic rings. The van der Waals surface area contributed by atoms with Gasteiger partial charge in [-0.05, 0) is 29.1 Å². The van der Waals surface area contributed by atoms with Crippen LogP contribution in [0.25, 0.3) is 10.8 Å². The number of nitrogens with one attached hydrogen (secondary N) is 2. The fourth-order valence-corrected chi connectivity index (χ4v) is 1.85. The molecule has 2 rings (SSSR count). The van der Waals surface area contributed by atoms with Gasteiger partial charge in [0.25, 0.3) is 0 Å². The van der Waals surface area contributed by atoms with Crippen LogP contribution in [0, 0.1) is 0 Å².